The monoisotopic (exact) mass is 322 g/mol. The molecule has 1 unspecified atom stereocenters. The van der Waals surface area contributed by atoms with Crippen LogP contribution in [0.5, 0.6) is 0 Å². The number of rotatable bonds is 3. The Labute approximate surface area is 139 Å². The van der Waals surface area contributed by atoms with Gasteiger partial charge in [0.1, 0.15) is 0 Å². The van der Waals surface area contributed by atoms with Crippen molar-refractivity contribution >= 4 is 5.91 Å². The summed E-state index contributed by atoms with van der Waals surface area (Å²) in [7, 11) is 0. The summed E-state index contributed by atoms with van der Waals surface area (Å²) < 4.78 is 1.93. The van der Waals surface area contributed by atoms with Gasteiger partial charge in [-0.05, 0) is 31.0 Å². The summed E-state index contributed by atoms with van der Waals surface area (Å²) in [5.41, 5.74) is 1.21. The topological polar surface area (TPSA) is 68.8 Å². The molecule has 1 aliphatic heterocycles. The number of hydrogen-bond acceptors (Lipinski definition) is 4. The van der Waals surface area contributed by atoms with Crippen LogP contribution < -0.4 is 0 Å². The minimum atomic E-state index is -0.0750. The zero-order valence-electron chi connectivity index (χ0n) is 13.2. The predicted octanol–water partition coefficient (Wildman–Crippen LogP) is 1.94. The zero-order valence-corrected chi connectivity index (χ0v) is 13.2. The summed E-state index contributed by atoms with van der Waals surface area (Å²) in [5, 5.41) is 12.8. The van der Waals surface area contributed by atoms with Crippen molar-refractivity contribution in [1.29, 1.82) is 0 Å². The third-order valence-electron chi connectivity index (χ3n) is 4.28. The largest absolute Gasteiger partial charge is 0.335 e. The summed E-state index contributed by atoms with van der Waals surface area (Å²) in [6, 6.07) is 11.7. The lowest BCUT2D eigenvalue weighted by atomic mass is 10.1. The number of likely N-dealkylation sites (tertiary alicyclic amines) is 1. The second-order valence-electron chi connectivity index (χ2n) is 5.89. The molecule has 0 N–H and O–H groups in total. The summed E-state index contributed by atoms with van der Waals surface area (Å²) in [5.74, 6) is -0.0750. The molecule has 4 rings (SSSR count). The van der Waals surface area contributed by atoms with Crippen LogP contribution in [0.1, 0.15) is 29.4 Å². The molecule has 1 amide bonds. The van der Waals surface area contributed by atoms with Crippen LogP contribution in [0.3, 0.4) is 0 Å². The predicted molar refractivity (Wildman–Crippen MR) is 87.8 cm³/mol. The lowest BCUT2D eigenvalue weighted by molar-refractivity contribution is 0.0666. The number of para-hydroxylation sites is 1. The van der Waals surface area contributed by atoms with E-state index >= 15 is 0 Å². The molecule has 0 radical (unpaired) electrons. The van der Waals surface area contributed by atoms with Gasteiger partial charge >= 0.3 is 0 Å². The Kier molecular flexibility index (Phi) is 3.82. The average molecular weight is 322 g/mol. The Morgan fingerprint density at radius 1 is 1.12 bits per heavy atom. The van der Waals surface area contributed by atoms with Gasteiger partial charge in [-0.1, -0.05) is 18.2 Å². The van der Waals surface area contributed by atoms with Gasteiger partial charge in [-0.25, -0.2) is 0 Å². The van der Waals surface area contributed by atoms with E-state index in [0.29, 0.717) is 12.2 Å². The highest BCUT2D eigenvalue weighted by Gasteiger charge is 2.27. The first-order chi connectivity index (χ1) is 11.8. The second kappa shape index (κ2) is 6.27. The van der Waals surface area contributed by atoms with Gasteiger partial charge in [-0.2, -0.15) is 15.0 Å². The van der Waals surface area contributed by atoms with E-state index in [0.717, 1.165) is 25.1 Å². The molecule has 24 heavy (non-hydrogen) atoms. The van der Waals surface area contributed by atoms with Crippen LogP contribution in [-0.4, -0.2) is 48.7 Å². The lowest BCUT2D eigenvalue weighted by Gasteiger charge is -2.32. The molecular formula is C17H18N6O. The summed E-state index contributed by atoms with van der Waals surface area (Å²) in [4.78, 5) is 16.1. The SMILES string of the molecule is O=C(c1cnn(-c2ccccc2)n1)N1CCCC(n2cccn2)C1. The number of hydrogen-bond donors (Lipinski definition) is 0. The first-order valence-corrected chi connectivity index (χ1v) is 8.07. The van der Waals surface area contributed by atoms with E-state index < -0.39 is 0 Å². The van der Waals surface area contributed by atoms with Crippen LogP contribution >= 0.6 is 0 Å². The molecule has 3 heterocycles. The molecule has 1 aromatic carbocycles. The standard InChI is InChI=1S/C17H18N6O/c24-17(16-12-19-23(20-16)14-6-2-1-3-7-14)21-10-4-8-15(13-21)22-11-5-9-18-22/h1-3,5-7,9,11-12,15H,4,8,10,13H2. The molecule has 7 heteroatoms. The fourth-order valence-electron chi connectivity index (χ4n) is 3.06. The third kappa shape index (κ3) is 2.80. The van der Waals surface area contributed by atoms with Gasteiger partial charge in [0.25, 0.3) is 5.91 Å². The van der Waals surface area contributed by atoms with Crippen molar-refractivity contribution in [2.45, 2.75) is 18.9 Å². The van der Waals surface area contributed by atoms with Crippen LogP contribution in [0.15, 0.2) is 55.0 Å². The fourth-order valence-corrected chi connectivity index (χ4v) is 3.06. The molecule has 1 atom stereocenters. The molecule has 0 saturated carbocycles. The quantitative estimate of drug-likeness (QED) is 0.739. The normalized spacial score (nSPS) is 17.8. The number of piperidine rings is 1. The molecule has 1 saturated heterocycles. The minimum Gasteiger partial charge on any atom is -0.335 e. The van der Waals surface area contributed by atoms with Crippen LogP contribution in [0, 0.1) is 0 Å². The van der Waals surface area contributed by atoms with Crippen molar-refractivity contribution in [2.75, 3.05) is 13.1 Å². The Balaban J connectivity index is 1.50. The minimum absolute atomic E-state index is 0.0750. The van der Waals surface area contributed by atoms with Gasteiger partial charge in [0.05, 0.1) is 17.9 Å². The number of carbonyl (C=O) groups is 1. The Hall–Kier alpha value is -2.96. The smallest absolute Gasteiger partial charge is 0.276 e. The zero-order chi connectivity index (χ0) is 16.4. The fraction of sp³-hybridized carbons (Fsp3) is 0.294. The van der Waals surface area contributed by atoms with E-state index in [4.69, 9.17) is 0 Å². The molecule has 7 nitrogen and oxygen atoms in total. The van der Waals surface area contributed by atoms with E-state index in [9.17, 15) is 4.79 Å². The maximum Gasteiger partial charge on any atom is 0.276 e. The van der Waals surface area contributed by atoms with Crippen LogP contribution in [-0.2, 0) is 0 Å². The average Bonchev–Trinajstić information content (AvgIpc) is 3.34. The van der Waals surface area contributed by atoms with Gasteiger partial charge in [0.2, 0.25) is 0 Å². The molecule has 1 aliphatic rings. The Morgan fingerprint density at radius 2 is 2.00 bits per heavy atom. The van der Waals surface area contributed by atoms with Gasteiger partial charge in [0.15, 0.2) is 5.69 Å². The molecular weight excluding hydrogens is 304 g/mol. The van der Waals surface area contributed by atoms with E-state index in [2.05, 4.69) is 15.3 Å². The van der Waals surface area contributed by atoms with Crippen molar-refractivity contribution in [3.63, 3.8) is 0 Å². The third-order valence-corrected chi connectivity index (χ3v) is 4.28. The number of amides is 1. The lowest BCUT2D eigenvalue weighted by Crippen LogP contribution is -2.41. The molecule has 0 bridgehead atoms. The maximum atomic E-state index is 12.7. The number of aromatic nitrogens is 5. The second-order valence-corrected chi connectivity index (χ2v) is 5.89. The summed E-state index contributed by atoms with van der Waals surface area (Å²) in [6.07, 6.45) is 7.24. The highest BCUT2D eigenvalue weighted by Crippen LogP contribution is 2.21. The van der Waals surface area contributed by atoms with Gasteiger partial charge < -0.3 is 4.90 Å². The number of carbonyl (C=O) groups excluding carboxylic acids is 1. The van der Waals surface area contributed by atoms with E-state index in [1.54, 1.807) is 6.20 Å². The molecule has 122 valence electrons. The van der Waals surface area contributed by atoms with E-state index in [1.165, 1.54) is 11.0 Å². The summed E-state index contributed by atoms with van der Waals surface area (Å²) in [6.45, 7) is 1.40. The van der Waals surface area contributed by atoms with Crippen molar-refractivity contribution < 1.29 is 4.79 Å². The van der Waals surface area contributed by atoms with Crippen molar-refractivity contribution in [1.82, 2.24) is 29.7 Å². The molecule has 0 spiro atoms. The van der Waals surface area contributed by atoms with E-state index in [1.807, 2.05) is 52.2 Å². The van der Waals surface area contributed by atoms with Crippen molar-refractivity contribution in [2.24, 2.45) is 0 Å². The van der Waals surface area contributed by atoms with Crippen LogP contribution in [0.25, 0.3) is 5.69 Å². The first kappa shape index (κ1) is 14.6. The van der Waals surface area contributed by atoms with Crippen LogP contribution in [0.4, 0.5) is 0 Å². The van der Waals surface area contributed by atoms with Gasteiger partial charge in [0, 0.05) is 25.5 Å². The van der Waals surface area contributed by atoms with E-state index in [-0.39, 0.29) is 11.9 Å². The maximum absolute atomic E-state index is 12.7. The highest BCUT2D eigenvalue weighted by atomic mass is 16.2. The molecule has 0 aliphatic carbocycles. The summed E-state index contributed by atoms with van der Waals surface area (Å²) >= 11 is 0. The van der Waals surface area contributed by atoms with Crippen molar-refractivity contribution in [3.8, 4) is 5.69 Å². The number of nitrogens with zero attached hydrogens (tertiary/aromatic N) is 6. The van der Waals surface area contributed by atoms with Crippen molar-refractivity contribution in [3.05, 3.63) is 60.7 Å². The first-order valence-electron chi connectivity index (χ1n) is 8.07. The molecule has 1 fully saturated rings. The van der Waals surface area contributed by atoms with Gasteiger partial charge in [-0.3, -0.25) is 9.48 Å². The van der Waals surface area contributed by atoms with Gasteiger partial charge in [-0.15, -0.1) is 5.10 Å². The Morgan fingerprint density at radius 3 is 2.79 bits per heavy atom. The Bertz CT molecular complexity index is 811. The molecule has 3 aromatic rings. The molecule has 2 aromatic heterocycles. The highest BCUT2D eigenvalue weighted by molar-refractivity contribution is 5.92. The van der Waals surface area contributed by atoms with Crippen LogP contribution in [0.2, 0.25) is 0 Å². The number of benzene rings is 1.